The van der Waals surface area contributed by atoms with Crippen LogP contribution in [0.4, 0.5) is 15.8 Å². The molecule has 78 valence electrons. The highest BCUT2D eigenvalue weighted by Gasteiger charge is 2.03. The third-order valence-electron chi connectivity index (χ3n) is 1.85. The Kier molecular flexibility index (Phi) is 3.56. The average Bonchev–Trinajstić information content (AvgIpc) is 2.16. The Morgan fingerprint density at radius 1 is 1.43 bits per heavy atom. The minimum atomic E-state index is -0.508. The molecule has 0 saturated carbocycles. The molecule has 1 aromatic carbocycles. The quantitative estimate of drug-likeness (QED) is 0.748. The van der Waals surface area contributed by atoms with E-state index in [1.54, 1.807) is 12.1 Å². The number of halogens is 1. The lowest BCUT2D eigenvalue weighted by Crippen LogP contribution is -2.09. The summed E-state index contributed by atoms with van der Waals surface area (Å²) in [6, 6.07) is 5.44. The molecule has 0 aliphatic rings. The predicted molar refractivity (Wildman–Crippen MR) is 56.7 cm³/mol. The molecule has 0 aliphatic carbocycles. The Bertz CT molecular complexity index is 302. The van der Waals surface area contributed by atoms with E-state index in [1.807, 2.05) is 25.1 Å². The van der Waals surface area contributed by atoms with Crippen molar-refractivity contribution in [3.8, 4) is 5.75 Å². The lowest BCUT2D eigenvalue weighted by Gasteiger charge is -2.15. The van der Waals surface area contributed by atoms with Gasteiger partial charge in [-0.25, -0.2) is 4.39 Å². The topological polar surface area (TPSA) is 38.5 Å². The first-order valence-electron chi connectivity index (χ1n) is 4.40. The smallest absolute Gasteiger partial charge is 0.144 e. The van der Waals surface area contributed by atoms with Crippen molar-refractivity contribution in [1.82, 2.24) is 0 Å². The van der Waals surface area contributed by atoms with E-state index in [0.717, 1.165) is 5.69 Å². The summed E-state index contributed by atoms with van der Waals surface area (Å²) < 4.78 is 17.0. The summed E-state index contributed by atoms with van der Waals surface area (Å²) in [4.78, 5) is 1.93. The highest BCUT2D eigenvalue weighted by molar-refractivity contribution is 5.61. The van der Waals surface area contributed by atoms with Crippen molar-refractivity contribution in [3.05, 3.63) is 18.2 Å². The zero-order valence-corrected chi connectivity index (χ0v) is 8.46. The number of hydrogen-bond donors (Lipinski definition) is 1. The lowest BCUT2D eigenvalue weighted by atomic mass is 10.2. The average molecular weight is 198 g/mol. The van der Waals surface area contributed by atoms with Gasteiger partial charge in [-0.1, -0.05) is 0 Å². The van der Waals surface area contributed by atoms with Gasteiger partial charge in [0.15, 0.2) is 0 Å². The van der Waals surface area contributed by atoms with Crippen molar-refractivity contribution < 1.29 is 9.13 Å². The van der Waals surface area contributed by atoms with Crippen LogP contribution in [-0.2, 0) is 0 Å². The molecule has 1 aromatic rings. The van der Waals surface area contributed by atoms with E-state index in [4.69, 9.17) is 10.5 Å². The first-order valence-corrected chi connectivity index (χ1v) is 4.40. The standard InChI is InChI=1S/C10H15FN2O/c1-13(2)8-3-4-9(12)10(7-8)14-6-5-11/h3-4,7H,5-6,12H2,1-2H3. The first kappa shape index (κ1) is 10.6. The highest BCUT2D eigenvalue weighted by atomic mass is 19.1. The van der Waals surface area contributed by atoms with Crippen LogP contribution in [0.15, 0.2) is 18.2 Å². The van der Waals surface area contributed by atoms with Crippen LogP contribution in [0.2, 0.25) is 0 Å². The van der Waals surface area contributed by atoms with Crippen LogP contribution in [0.5, 0.6) is 5.75 Å². The van der Waals surface area contributed by atoms with Gasteiger partial charge in [0.2, 0.25) is 0 Å². The van der Waals surface area contributed by atoms with Gasteiger partial charge in [0.05, 0.1) is 5.69 Å². The van der Waals surface area contributed by atoms with E-state index in [1.165, 1.54) is 0 Å². The molecule has 14 heavy (non-hydrogen) atoms. The van der Waals surface area contributed by atoms with Crippen LogP contribution in [0.3, 0.4) is 0 Å². The number of nitrogens with two attached hydrogens (primary N) is 1. The van der Waals surface area contributed by atoms with E-state index in [9.17, 15) is 4.39 Å². The number of alkyl halides is 1. The molecule has 0 aromatic heterocycles. The summed E-state index contributed by atoms with van der Waals surface area (Å²) in [6.07, 6.45) is 0. The maximum absolute atomic E-state index is 11.9. The van der Waals surface area contributed by atoms with Crippen molar-refractivity contribution >= 4 is 11.4 Å². The number of nitrogens with zero attached hydrogens (tertiary/aromatic N) is 1. The Hall–Kier alpha value is -1.45. The fourth-order valence-electron chi connectivity index (χ4n) is 1.07. The molecule has 0 atom stereocenters. The van der Waals surface area contributed by atoms with E-state index < -0.39 is 6.67 Å². The maximum Gasteiger partial charge on any atom is 0.144 e. The third kappa shape index (κ3) is 2.52. The van der Waals surface area contributed by atoms with Gasteiger partial charge in [0.1, 0.15) is 19.0 Å². The van der Waals surface area contributed by atoms with Crippen molar-refractivity contribution in [2.24, 2.45) is 0 Å². The van der Waals surface area contributed by atoms with Crippen LogP contribution >= 0.6 is 0 Å². The summed E-state index contributed by atoms with van der Waals surface area (Å²) in [5.41, 5.74) is 7.18. The molecule has 0 fully saturated rings. The van der Waals surface area contributed by atoms with Gasteiger partial charge in [-0.3, -0.25) is 0 Å². The zero-order valence-electron chi connectivity index (χ0n) is 8.46. The Labute approximate surface area is 83.3 Å². The molecular formula is C10H15FN2O. The van der Waals surface area contributed by atoms with Gasteiger partial charge in [-0.2, -0.15) is 0 Å². The van der Waals surface area contributed by atoms with Crippen LogP contribution in [-0.4, -0.2) is 27.4 Å². The number of hydrogen-bond acceptors (Lipinski definition) is 3. The molecule has 0 bridgehead atoms. The van der Waals surface area contributed by atoms with Crippen molar-refractivity contribution in [1.29, 1.82) is 0 Å². The van der Waals surface area contributed by atoms with Gasteiger partial charge in [-0.05, 0) is 12.1 Å². The molecule has 0 unspecified atom stereocenters. The molecule has 2 N–H and O–H groups in total. The minimum absolute atomic E-state index is 0.0427. The molecule has 3 nitrogen and oxygen atoms in total. The second-order valence-corrected chi connectivity index (χ2v) is 3.15. The van der Waals surface area contributed by atoms with E-state index >= 15 is 0 Å². The van der Waals surface area contributed by atoms with Gasteiger partial charge >= 0.3 is 0 Å². The summed E-state index contributed by atoms with van der Waals surface area (Å²) in [6.45, 7) is -0.466. The van der Waals surface area contributed by atoms with Crippen molar-refractivity contribution in [3.63, 3.8) is 0 Å². The number of benzene rings is 1. The van der Waals surface area contributed by atoms with Crippen LogP contribution in [0.1, 0.15) is 0 Å². The number of rotatable bonds is 4. The second-order valence-electron chi connectivity index (χ2n) is 3.15. The van der Waals surface area contributed by atoms with E-state index in [2.05, 4.69) is 0 Å². The number of anilines is 2. The Morgan fingerprint density at radius 3 is 2.71 bits per heavy atom. The predicted octanol–water partition coefficient (Wildman–Crippen LogP) is 1.68. The molecule has 1 rings (SSSR count). The maximum atomic E-state index is 11.9. The molecule has 0 heterocycles. The van der Waals surface area contributed by atoms with Gasteiger partial charge in [-0.15, -0.1) is 0 Å². The summed E-state index contributed by atoms with van der Waals surface area (Å²) in [5, 5.41) is 0. The SMILES string of the molecule is CN(C)c1ccc(N)c(OCCF)c1. The Balaban J connectivity index is 2.85. The third-order valence-corrected chi connectivity index (χ3v) is 1.85. The van der Waals surface area contributed by atoms with Gasteiger partial charge in [0.25, 0.3) is 0 Å². The van der Waals surface area contributed by atoms with E-state index in [0.29, 0.717) is 11.4 Å². The fourth-order valence-corrected chi connectivity index (χ4v) is 1.07. The van der Waals surface area contributed by atoms with Gasteiger partial charge < -0.3 is 15.4 Å². The Morgan fingerprint density at radius 2 is 2.14 bits per heavy atom. The van der Waals surface area contributed by atoms with Crippen molar-refractivity contribution in [2.45, 2.75) is 0 Å². The number of nitrogen functional groups attached to an aromatic ring is 1. The van der Waals surface area contributed by atoms with Crippen LogP contribution in [0.25, 0.3) is 0 Å². The molecule has 0 spiro atoms. The monoisotopic (exact) mass is 198 g/mol. The van der Waals surface area contributed by atoms with Crippen molar-refractivity contribution in [2.75, 3.05) is 38.0 Å². The second kappa shape index (κ2) is 4.69. The molecule has 0 aliphatic heterocycles. The first-order chi connectivity index (χ1) is 6.65. The fraction of sp³-hybridized carbons (Fsp3) is 0.400. The largest absolute Gasteiger partial charge is 0.489 e. The zero-order chi connectivity index (χ0) is 10.6. The summed E-state index contributed by atoms with van der Waals surface area (Å²) in [7, 11) is 3.84. The minimum Gasteiger partial charge on any atom is -0.489 e. The van der Waals surface area contributed by atoms with Gasteiger partial charge in [0, 0.05) is 25.8 Å². The molecule has 0 radical (unpaired) electrons. The molecule has 0 amide bonds. The summed E-state index contributed by atoms with van der Waals surface area (Å²) >= 11 is 0. The van der Waals surface area contributed by atoms with E-state index in [-0.39, 0.29) is 6.61 Å². The molecular weight excluding hydrogens is 183 g/mol. The lowest BCUT2D eigenvalue weighted by molar-refractivity contribution is 0.274. The normalized spacial score (nSPS) is 9.93. The van der Waals surface area contributed by atoms with Crippen LogP contribution in [0, 0.1) is 0 Å². The van der Waals surface area contributed by atoms with Crippen LogP contribution < -0.4 is 15.4 Å². The number of ether oxygens (including phenoxy) is 1. The summed E-state index contributed by atoms with van der Waals surface area (Å²) in [5.74, 6) is 0.536. The highest BCUT2D eigenvalue weighted by Crippen LogP contribution is 2.26. The molecule has 4 heteroatoms. The molecule has 0 saturated heterocycles.